The van der Waals surface area contributed by atoms with Crippen molar-refractivity contribution in [2.75, 3.05) is 0 Å². The molecule has 8 aliphatic carbocycles. The number of rotatable bonds is 7. The molecule has 2 unspecified atom stereocenters. The Morgan fingerprint density at radius 1 is 0.659 bits per heavy atom. The van der Waals surface area contributed by atoms with Crippen LogP contribution in [-0.2, 0) is 19.1 Å². The van der Waals surface area contributed by atoms with E-state index in [0.29, 0.717) is 19.3 Å². The van der Waals surface area contributed by atoms with E-state index in [1.54, 1.807) is 0 Å². The van der Waals surface area contributed by atoms with E-state index in [1.165, 1.54) is 38.5 Å². The number of carbonyl (C=O) groups is 2. The summed E-state index contributed by atoms with van der Waals surface area (Å²) in [4.78, 5) is 25.0. The monoisotopic (exact) mass is 574 g/mol. The average Bonchev–Trinajstić information content (AvgIpc) is 2.80. The van der Waals surface area contributed by atoms with Crippen molar-refractivity contribution < 1.29 is 29.3 Å². The maximum Gasteiger partial charge on any atom is 0.312 e. The largest absolute Gasteiger partial charge is 0.459 e. The summed E-state index contributed by atoms with van der Waals surface area (Å²) in [5.41, 5.74) is -3.26. The van der Waals surface area contributed by atoms with Crippen LogP contribution in [-0.4, -0.2) is 44.6 Å². The first-order chi connectivity index (χ1) is 18.8. The Bertz CT molecular complexity index is 986. The van der Waals surface area contributed by atoms with Crippen LogP contribution in [0.15, 0.2) is 0 Å². The molecule has 0 radical (unpaired) electrons. The predicted molar refractivity (Wildman–Crippen MR) is 159 cm³/mol. The first-order valence-electron chi connectivity index (χ1n) is 16.7. The zero-order valence-electron chi connectivity index (χ0n) is 27.2. The highest BCUT2D eigenvalue weighted by atomic mass is 16.6. The maximum atomic E-state index is 12.6. The average molecular weight is 575 g/mol. The van der Waals surface area contributed by atoms with E-state index in [-0.39, 0.29) is 34.3 Å². The van der Waals surface area contributed by atoms with Gasteiger partial charge in [-0.1, -0.05) is 13.8 Å². The highest BCUT2D eigenvalue weighted by Gasteiger charge is 2.65. The topological polar surface area (TPSA) is 93.1 Å². The summed E-state index contributed by atoms with van der Waals surface area (Å²) in [5, 5.41) is 21.3. The van der Waals surface area contributed by atoms with Gasteiger partial charge in [0.1, 0.15) is 11.2 Å². The van der Waals surface area contributed by atoms with Crippen molar-refractivity contribution in [3.8, 4) is 0 Å². The van der Waals surface area contributed by atoms with Crippen molar-refractivity contribution in [1.82, 2.24) is 0 Å². The van der Waals surface area contributed by atoms with Gasteiger partial charge in [-0.15, -0.1) is 0 Å². The molecule has 8 saturated carbocycles. The quantitative estimate of drug-likeness (QED) is 0.314. The second-order valence-electron chi connectivity index (χ2n) is 17.6. The first-order valence-corrected chi connectivity index (χ1v) is 16.7. The fourth-order valence-electron chi connectivity index (χ4n) is 10.3. The van der Waals surface area contributed by atoms with Gasteiger partial charge >= 0.3 is 11.9 Å². The fourth-order valence-corrected chi connectivity index (χ4v) is 10.3. The summed E-state index contributed by atoms with van der Waals surface area (Å²) >= 11 is 0. The zero-order chi connectivity index (χ0) is 30.3. The summed E-state index contributed by atoms with van der Waals surface area (Å²) in [6, 6.07) is 0. The van der Waals surface area contributed by atoms with Gasteiger partial charge in [-0.25, -0.2) is 0 Å². The highest BCUT2D eigenvalue weighted by molar-refractivity contribution is 5.76. The van der Waals surface area contributed by atoms with E-state index in [1.807, 2.05) is 34.6 Å². The Morgan fingerprint density at radius 3 is 1.51 bits per heavy atom. The van der Waals surface area contributed by atoms with Gasteiger partial charge < -0.3 is 19.7 Å². The molecule has 0 spiro atoms. The molecule has 0 aromatic carbocycles. The van der Waals surface area contributed by atoms with Gasteiger partial charge in [0.2, 0.25) is 0 Å². The highest BCUT2D eigenvalue weighted by Crippen LogP contribution is 2.64. The molecule has 0 saturated heterocycles. The van der Waals surface area contributed by atoms with E-state index in [2.05, 4.69) is 20.8 Å². The molecule has 0 amide bonds. The second kappa shape index (κ2) is 9.94. The third kappa shape index (κ3) is 5.75. The van der Waals surface area contributed by atoms with Crippen molar-refractivity contribution in [3.63, 3.8) is 0 Å². The van der Waals surface area contributed by atoms with Crippen LogP contribution in [0.25, 0.3) is 0 Å². The van der Waals surface area contributed by atoms with Crippen molar-refractivity contribution in [2.24, 2.45) is 39.9 Å². The summed E-state index contributed by atoms with van der Waals surface area (Å²) in [6.07, 6.45) is 13.4. The minimum Gasteiger partial charge on any atom is -0.459 e. The van der Waals surface area contributed by atoms with Crippen LogP contribution in [0.3, 0.4) is 0 Å². The smallest absolute Gasteiger partial charge is 0.312 e. The first kappa shape index (κ1) is 31.3. The molecule has 41 heavy (non-hydrogen) atoms. The van der Waals surface area contributed by atoms with Crippen LogP contribution in [0, 0.1) is 39.9 Å². The Hall–Kier alpha value is -1.14. The lowest BCUT2D eigenvalue weighted by molar-refractivity contribution is -0.264. The molecule has 6 nitrogen and oxygen atoms in total. The minimum atomic E-state index is -0.842. The van der Waals surface area contributed by atoms with E-state index in [9.17, 15) is 19.8 Å². The van der Waals surface area contributed by atoms with Crippen LogP contribution in [0.5, 0.6) is 0 Å². The van der Waals surface area contributed by atoms with Crippen LogP contribution in [0.4, 0.5) is 0 Å². The molecule has 8 bridgehead atoms. The zero-order valence-corrected chi connectivity index (χ0v) is 27.2. The molecule has 8 fully saturated rings. The van der Waals surface area contributed by atoms with Crippen LogP contribution >= 0.6 is 0 Å². The lowest BCUT2D eigenvalue weighted by atomic mass is 9.46. The normalized spacial score (nSPS) is 42.5. The van der Waals surface area contributed by atoms with Gasteiger partial charge in [-0.3, -0.25) is 9.59 Å². The molecule has 8 rings (SSSR count). The maximum absolute atomic E-state index is 12.6. The lowest BCUT2D eigenvalue weighted by Crippen LogP contribution is -2.67. The number of aliphatic hydroxyl groups is 2. The third-order valence-corrected chi connectivity index (χ3v) is 12.8. The Balaban J connectivity index is 0.000000165. The summed E-state index contributed by atoms with van der Waals surface area (Å²) in [7, 11) is 0. The molecule has 0 aromatic heterocycles. The van der Waals surface area contributed by atoms with Crippen molar-refractivity contribution >= 4 is 11.9 Å². The van der Waals surface area contributed by atoms with E-state index < -0.39 is 22.2 Å². The Kier molecular flexibility index (Phi) is 7.59. The van der Waals surface area contributed by atoms with Crippen LogP contribution in [0.2, 0.25) is 0 Å². The predicted octanol–water partition coefficient (Wildman–Crippen LogP) is 7.13. The number of ether oxygens (including phenoxy) is 2. The number of esters is 2. The molecule has 2 N–H and O–H groups in total. The lowest BCUT2D eigenvalue weighted by Gasteiger charge is -2.62. The van der Waals surface area contributed by atoms with Crippen molar-refractivity contribution in [1.29, 1.82) is 0 Å². The summed E-state index contributed by atoms with van der Waals surface area (Å²) in [5.74, 6) is 2.76. The fraction of sp³-hybridized carbons (Fsp3) is 0.943. The van der Waals surface area contributed by atoms with Gasteiger partial charge in [-0.2, -0.15) is 0 Å². The Morgan fingerprint density at radius 2 is 1.10 bits per heavy atom. The van der Waals surface area contributed by atoms with Gasteiger partial charge in [0.25, 0.3) is 0 Å². The molecule has 8 aliphatic rings. The van der Waals surface area contributed by atoms with Crippen LogP contribution < -0.4 is 0 Å². The molecular weight excluding hydrogens is 516 g/mol. The summed E-state index contributed by atoms with van der Waals surface area (Å²) in [6.45, 7) is 16.2. The summed E-state index contributed by atoms with van der Waals surface area (Å²) < 4.78 is 12.0. The molecule has 0 heterocycles. The number of hydrogen-bond donors (Lipinski definition) is 2. The van der Waals surface area contributed by atoms with Gasteiger partial charge in [0.15, 0.2) is 0 Å². The second-order valence-corrected chi connectivity index (χ2v) is 17.6. The van der Waals surface area contributed by atoms with Gasteiger partial charge in [-0.05, 0) is 136 Å². The molecule has 6 heteroatoms. The molecular formula is C35H58O6. The molecule has 0 aromatic rings. The number of hydrogen-bond acceptors (Lipinski definition) is 6. The van der Waals surface area contributed by atoms with Gasteiger partial charge in [0, 0.05) is 24.7 Å². The van der Waals surface area contributed by atoms with Crippen LogP contribution in [0.1, 0.15) is 145 Å². The molecule has 234 valence electrons. The van der Waals surface area contributed by atoms with Crippen molar-refractivity contribution in [3.05, 3.63) is 0 Å². The molecule has 0 aliphatic heterocycles. The van der Waals surface area contributed by atoms with E-state index in [0.717, 1.165) is 49.9 Å². The SMILES string of the molecule is CCC(C)(C)C(=O)OC(C)(C)C12CC3CC(CC(C3)C1)C2.CCC(C)(C)C(=O)OC12CC3CC(O)(CC(O)(C3)C1)C2. The molecule has 2 atom stereocenters. The van der Waals surface area contributed by atoms with Crippen molar-refractivity contribution in [2.45, 2.75) is 168 Å². The van der Waals surface area contributed by atoms with Gasteiger partial charge in [0.05, 0.1) is 22.0 Å². The third-order valence-electron chi connectivity index (χ3n) is 12.8. The van der Waals surface area contributed by atoms with E-state index >= 15 is 0 Å². The van der Waals surface area contributed by atoms with E-state index in [4.69, 9.17) is 9.47 Å². The Labute approximate surface area is 248 Å². The minimum absolute atomic E-state index is 0.00857. The standard InChI is InChI=1S/C19H32O2.C16H26O4/c1-6-17(2,3)16(20)21-18(4,5)19-10-13-7-14(11-19)9-15(8-13)12-19;1-4-13(2,3)12(17)20-16-7-11-5-14(18,9-16)8-15(19,6-11)10-16/h13-15H,6-12H2,1-5H3;11,18-19H,4-10H2,1-3H3. The number of carbonyl (C=O) groups excluding carboxylic acids is 2.